The van der Waals surface area contributed by atoms with Gasteiger partial charge in [0.15, 0.2) is 8.07 Å². The van der Waals surface area contributed by atoms with Crippen molar-refractivity contribution in [3.63, 3.8) is 0 Å². The molecular weight excluding hydrogens is 795 g/mol. The van der Waals surface area contributed by atoms with Crippen LogP contribution in [0.4, 0.5) is 26.3 Å². The van der Waals surface area contributed by atoms with Crippen LogP contribution >= 0.6 is 0 Å². The molecule has 0 spiro atoms. The molecule has 0 saturated heterocycles. The number of fused-ring (bicyclic) bond motifs is 6. The summed E-state index contributed by atoms with van der Waals surface area (Å²) in [5.41, 5.74) is 3.41. The number of rotatable bonds is 6. The summed E-state index contributed by atoms with van der Waals surface area (Å²) < 4.78 is 90.4. The van der Waals surface area contributed by atoms with E-state index in [4.69, 9.17) is 0 Å². The minimum absolute atomic E-state index is 0.118. The monoisotopic (exact) mass is 830 g/mol. The number of nitrogens with zero attached hydrogens (tertiary/aromatic N) is 2. The van der Waals surface area contributed by atoms with E-state index in [2.05, 4.69) is 103 Å². The van der Waals surface area contributed by atoms with Crippen molar-refractivity contribution in [3.05, 3.63) is 204 Å². The summed E-state index contributed by atoms with van der Waals surface area (Å²) in [6.07, 6.45) is -10.0. The van der Waals surface area contributed by atoms with Crippen molar-refractivity contribution in [2.45, 2.75) is 26.2 Å². The van der Waals surface area contributed by atoms with Gasteiger partial charge in [0.25, 0.3) is 0 Å². The van der Waals surface area contributed by atoms with Gasteiger partial charge in [0, 0.05) is 32.9 Å². The number of hydrogen-bond donors (Lipinski definition) is 0. The van der Waals surface area contributed by atoms with Crippen molar-refractivity contribution < 1.29 is 26.3 Å². The maximum atomic E-state index is 14.8. The van der Waals surface area contributed by atoms with Crippen molar-refractivity contribution >= 4 is 72.4 Å². The molecule has 2 heterocycles. The molecule has 10 aromatic rings. The van der Waals surface area contributed by atoms with Crippen LogP contribution in [-0.4, -0.2) is 17.2 Å². The Balaban J connectivity index is 1.20. The van der Waals surface area contributed by atoms with E-state index >= 15 is 0 Å². The van der Waals surface area contributed by atoms with Crippen LogP contribution < -0.4 is 20.7 Å². The van der Waals surface area contributed by atoms with Crippen molar-refractivity contribution in [1.82, 2.24) is 9.13 Å². The molecule has 0 aliphatic rings. The summed E-state index contributed by atoms with van der Waals surface area (Å²) >= 11 is 0. The quantitative estimate of drug-likeness (QED) is 0.0897. The van der Waals surface area contributed by atoms with Crippen molar-refractivity contribution in [1.29, 1.82) is 0 Å². The Labute approximate surface area is 348 Å². The molecule has 0 aliphatic heterocycles. The molecule has 0 radical (unpaired) electrons. The normalized spacial score (nSPS) is 12.6. The molecule has 2 nitrogen and oxygen atoms in total. The maximum absolute atomic E-state index is 14.8. The Kier molecular flexibility index (Phi) is 8.89. The lowest BCUT2D eigenvalue weighted by Crippen LogP contribution is -2.74. The van der Waals surface area contributed by atoms with E-state index in [0.29, 0.717) is 16.6 Å². The van der Waals surface area contributed by atoms with E-state index in [0.717, 1.165) is 43.5 Å². The smallest absolute Gasteiger partial charge is 0.309 e. The zero-order valence-corrected chi connectivity index (χ0v) is 34.0. The van der Waals surface area contributed by atoms with E-state index in [1.807, 2.05) is 48.5 Å². The van der Waals surface area contributed by atoms with E-state index in [-0.39, 0.29) is 17.0 Å². The number of aryl methyl sites for hydroxylation is 2. The molecule has 0 saturated carbocycles. The Morgan fingerprint density at radius 3 is 1.30 bits per heavy atom. The summed E-state index contributed by atoms with van der Waals surface area (Å²) in [5, 5.41) is 6.86. The van der Waals surface area contributed by atoms with Gasteiger partial charge in [-0.15, -0.1) is 0 Å². The topological polar surface area (TPSA) is 9.86 Å². The third-order valence-electron chi connectivity index (χ3n) is 12.0. The van der Waals surface area contributed by atoms with Gasteiger partial charge in [-0.1, -0.05) is 133 Å². The van der Waals surface area contributed by atoms with E-state index in [9.17, 15) is 26.3 Å². The number of benzene rings is 8. The van der Waals surface area contributed by atoms with E-state index in [1.165, 1.54) is 26.5 Å². The van der Waals surface area contributed by atoms with Crippen LogP contribution in [0.5, 0.6) is 0 Å². The predicted molar refractivity (Wildman–Crippen MR) is 238 cm³/mol. The SMILES string of the molecule is Cc1cc(C)c2c(c1)c1ccccc1n2-c1ccc([Si](c2ccccc2)(c2ccccc2)c2ccc(-n3c4ccccc4c4cc(C(F)(F)F)cc(C(F)(F)F)c43)cc2)cc1. The third kappa shape index (κ3) is 6.09. The van der Waals surface area contributed by atoms with Crippen LogP contribution in [0.25, 0.3) is 55.0 Å². The van der Waals surface area contributed by atoms with Crippen LogP contribution in [0.3, 0.4) is 0 Å². The Morgan fingerprint density at radius 1 is 0.393 bits per heavy atom. The summed E-state index contributed by atoms with van der Waals surface area (Å²) in [6, 6.07) is 57.4. The minimum Gasteiger partial charge on any atom is -0.309 e. The molecular formula is C52H36F6N2Si. The number of aromatic nitrogens is 2. The van der Waals surface area contributed by atoms with Gasteiger partial charge in [-0.25, -0.2) is 0 Å². The highest BCUT2D eigenvalue weighted by Gasteiger charge is 2.42. The average molecular weight is 831 g/mol. The molecule has 0 bridgehead atoms. The Bertz CT molecular complexity index is 3230. The third-order valence-corrected chi connectivity index (χ3v) is 16.8. The molecule has 10 rings (SSSR count). The van der Waals surface area contributed by atoms with E-state index < -0.39 is 31.6 Å². The summed E-state index contributed by atoms with van der Waals surface area (Å²) in [4.78, 5) is 0. The molecule has 0 N–H and O–H groups in total. The Hall–Kier alpha value is -6.84. The molecule has 61 heavy (non-hydrogen) atoms. The van der Waals surface area contributed by atoms with Gasteiger partial charge < -0.3 is 9.13 Å². The van der Waals surface area contributed by atoms with Gasteiger partial charge in [0.05, 0.1) is 33.2 Å². The van der Waals surface area contributed by atoms with E-state index in [1.54, 1.807) is 36.4 Å². The first-order chi connectivity index (χ1) is 29.4. The highest BCUT2D eigenvalue weighted by atomic mass is 28.3. The molecule has 0 atom stereocenters. The molecule has 0 unspecified atom stereocenters. The molecule has 0 fully saturated rings. The highest BCUT2D eigenvalue weighted by Crippen LogP contribution is 2.44. The van der Waals surface area contributed by atoms with Crippen LogP contribution in [0.15, 0.2) is 182 Å². The number of para-hydroxylation sites is 2. The fourth-order valence-electron chi connectivity index (χ4n) is 9.59. The summed E-state index contributed by atoms with van der Waals surface area (Å²) in [7, 11) is -3.14. The first-order valence-electron chi connectivity index (χ1n) is 19.9. The number of halogens is 6. The summed E-state index contributed by atoms with van der Waals surface area (Å²) in [6.45, 7) is 4.27. The largest absolute Gasteiger partial charge is 0.418 e. The summed E-state index contributed by atoms with van der Waals surface area (Å²) in [5.74, 6) is 0. The second kappa shape index (κ2) is 14.1. The molecule has 0 aliphatic carbocycles. The van der Waals surface area contributed by atoms with Gasteiger partial charge >= 0.3 is 12.4 Å². The first kappa shape index (κ1) is 38.4. The van der Waals surface area contributed by atoms with Crippen LogP contribution in [0.2, 0.25) is 0 Å². The second-order valence-electron chi connectivity index (χ2n) is 15.7. The van der Waals surface area contributed by atoms with Gasteiger partial charge in [-0.05, 0) is 94.8 Å². The Morgan fingerprint density at radius 2 is 0.820 bits per heavy atom. The van der Waals surface area contributed by atoms with Gasteiger partial charge in [0.2, 0.25) is 0 Å². The van der Waals surface area contributed by atoms with Crippen molar-refractivity contribution in [3.8, 4) is 11.4 Å². The predicted octanol–water partition coefficient (Wildman–Crippen LogP) is 11.9. The molecule has 8 aromatic carbocycles. The lowest BCUT2D eigenvalue weighted by molar-refractivity contribution is -0.142. The average Bonchev–Trinajstić information content (AvgIpc) is 3.77. The fraction of sp³-hybridized carbons (Fsp3) is 0.0769. The van der Waals surface area contributed by atoms with Crippen molar-refractivity contribution in [2.75, 3.05) is 0 Å². The molecule has 9 heteroatoms. The maximum Gasteiger partial charge on any atom is 0.418 e. The van der Waals surface area contributed by atoms with Gasteiger partial charge in [0.1, 0.15) is 0 Å². The first-order valence-corrected chi connectivity index (χ1v) is 21.9. The lowest BCUT2D eigenvalue weighted by Gasteiger charge is -2.34. The lowest BCUT2D eigenvalue weighted by atomic mass is 10.0. The zero-order valence-electron chi connectivity index (χ0n) is 33.0. The molecule has 2 aromatic heterocycles. The van der Waals surface area contributed by atoms with Crippen LogP contribution in [0.1, 0.15) is 22.3 Å². The minimum atomic E-state index is -5.06. The van der Waals surface area contributed by atoms with Crippen molar-refractivity contribution in [2.24, 2.45) is 0 Å². The number of hydrogen-bond acceptors (Lipinski definition) is 0. The van der Waals surface area contributed by atoms with Crippen LogP contribution in [-0.2, 0) is 12.4 Å². The fourth-order valence-corrected chi connectivity index (χ4v) is 14.3. The van der Waals surface area contributed by atoms with Gasteiger partial charge in [-0.2, -0.15) is 26.3 Å². The van der Waals surface area contributed by atoms with Crippen LogP contribution in [0, 0.1) is 13.8 Å². The number of alkyl halides is 6. The standard InChI is InChI=1S/C52H36F6N2Si/c1-33-29-34(2)49-44(30-33)42-17-9-11-19-47(42)59(49)36-21-25-40(26-22-36)61(38-13-5-3-6-14-38,39-15-7-4-8-16-39)41-27-23-37(24-28-41)60-48-20-12-10-18-43(48)45-31-35(51(53,54)55)32-46(50(45)60)52(56,57)58/h3-32H,1-2H3. The van der Waals surface area contributed by atoms with Gasteiger partial charge in [-0.3, -0.25) is 0 Å². The molecule has 300 valence electrons. The molecule has 0 amide bonds. The highest BCUT2D eigenvalue weighted by molar-refractivity contribution is 7.19. The zero-order chi connectivity index (χ0) is 42.3. The second-order valence-corrected chi connectivity index (χ2v) is 19.5.